The highest BCUT2D eigenvalue weighted by Gasteiger charge is 2.19. The molecule has 7 heteroatoms. The number of imide groups is 1. The van der Waals surface area contributed by atoms with Crippen LogP contribution in [0.2, 0.25) is 0 Å². The number of urea groups is 1. The number of hydrogen-bond acceptors (Lipinski definition) is 4. The number of rotatable bonds is 3. The largest absolute Gasteiger partial charge is 0.478 e. The number of carboxylic acids is 1. The molecule has 1 heterocycles. The van der Waals surface area contributed by atoms with Crippen LogP contribution in [0.5, 0.6) is 0 Å². The lowest BCUT2D eigenvalue weighted by atomic mass is 10.1. The van der Waals surface area contributed by atoms with E-state index in [9.17, 15) is 14.4 Å². The number of nitrogens with one attached hydrogen (secondary N) is 2. The zero-order valence-corrected chi connectivity index (χ0v) is 10.2. The standard InChI is InChI=1S/C11H17N3O4/c1-14-6-2-3-8(7-14)12-11(18)13-9(15)4-5-10(16)17/h4-5,8H,2-3,6-7H2,1H3,(H,16,17)(H2,12,13,15,18)/b5-4+. The zero-order valence-electron chi connectivity index (χ0n) is 10.2. The van der Waals surface area contributed by atoms with E-state index in [1.165, 1.54) is 0 Å². The summed E-state index contributed by atoms with van der Waals surface area (Å²) in [5, 5.41) is 13.0. The smallest absolute Gasteiger partial charge is 0.328 e. The maximum atomic E-state index is 11.4. The molecule has 0 spiro atoms. The van der Waals surface area contributed by atoms with Crippen LogP contribution in [0.25, 0.3) is 0 Å². The van der Waals surface area contributed by atoms with E-state index in [0.717, 1.165) is 32.0 Å². The number of nitrogens with zero attached hydrogens (tertiary/aromatic N) is 1. The van der Waals surface area contributed by atoms with Crippen LogP contribution in [0.4, 0.5) is 4.79 Å². The highest BCUT2D eigenvalue weighted by molar-refractivity contribution is 6.02. The lowest BCUT2D eigenvalue weighted by Gasteiger charge is -2.29. The van der Waals surface area contributed by atoms with Crippen LogP contribution in [-0.2, 0) is 9.59 Å². The molecule has 1 saturated heterocycles. The quantitative estimate of drug-likeness (QED) is 0.593. The summed E-state index contributed by atoms with van der Waals surface area (Å²) < 4.78 is 0. The predicted molar refractivity (Wildman–Crippen MR) is 64.0 cm³/mol. The maximum absolute atomic E-state index is 11.4. The minimum absolute atomic E-state index is 0.0139. The highest BCUT2D eigenvalue weighted by Crippen LogP contribution is 2.07. The van der Waals surface area contributed by atoms with Gasteiger partial charge in [-0.25, -0.2) is 9.59 Å². The third-order valence-electron chi connectivity index (χ3n) is 2.57. The Morgan fingerprint density at radius 1 is 1.33 bits per heavy atom. The van der Waals surface area contributed by atoms with Gasteiger partial charge in [-0.05, 0) is 26.4 Å². The number of likely N-dealkylation sites (tertiary alicyclic amines) is 1. The van der Waals surface area contributed by atoms with Gasteiger partial charge in [-0.15, -0.1) is 0 Å². The van der Waals surface area contributed by atoms with E-state index in [2.05, 4.69) is 10.2 Å². The molecule has 0 aliphatic carbocycles. The molecule has 1 aliphatic rings. The van der Waals surface area contributed by atoms with Gasteiger partial charge in [-0.2, -0.15) is 0 Å². The predicted octanol–water partition coefficient (Wildman–Crippen LogP) is -0.453. The average Bonchev–Trinajstić information content (AvgIpc) is 2.26. The zero-order chi connectivity index (χ0) is 13.5. The van der Waals surface area contributed by atoms with Crippen LogP contribution in [0, 0.1) is 0 Å². The normalized spacial score (nSPS) is 20.6. The van der Waals surface area contributed by atoms with E-state index in [1.807, 2.05) is 12.4 Å². The fourth-order valence-corrected chi connectivity index (χ4v) is 1.81. The second-order valence-corrected chi connectivity index (χ2v) is 4.24. The Morgan fingerprint density at radius 2 is 2.06 bits per heavy atom. The number of likely N-dealkylation sites (N-methyl/N-ethyl adjacent to an activating group) is 1. The maximum Gasteiger partial charge on any atom is 0.328 e. The highest BCUT2D eigenvalue weighted by atomic mass is 16.4. The van der Waals surface area contributed by atoms with Crippen LogP contribution < -0.4 is 10.6 Å². The molecule has 3 amide bonds. The van der Waals surface area contributed by atoms with Crippen molar-refractivity contribution >= 4 is 17.9 Å². The molecule has 100 valence electrons. The summed E-state index contributed by atoms with van der Waals surface area (Å²) in [6, 6.07) is -0.588. The number of hydrogen-bond donors (Lipinski definition) is 3. The molecule has 1 fully saturated rings. The van der Waals surface area contributed by atoms with Gasteiger partial charge >= 0.3 is 12.0 Å². The van der Waals surface area contributed by atoms with Crippen molar-refractivity contribution in [3.05, 3.63) is 12.2 Å². The molecule has 0 aromatic carbocycles. The monoisotopic (exact) mass is 255 g/mol. The first-order chi connectivity index (χ1) is 8.47. The van der Waals surface area contributed by atoms with E-state index in [4.69, 9.17) is 5.11 Å². The van der Waals surface area contributed by atoms with Crippen molar-refractivity contribution in [3.8, 4) is 0 Å². The van der Waals surface area contributed by atoms with Gasteiger partial charge in [0, 0.05) is 24.7 Å². The third kappa shape index (κ3) is 5.44. The van der Waals surface area contributed by atoms with Crippen molar-refractivity contribution in [1.29, 1.82) is 0 Å². The van der Waals surface area contributed by atoms with Crippen LogP contribution in [-0.4, -0.2) is 54.1 Å². The topological polar surface area (TPSA) is 98.7 Å². The minimum Gasteiger partial charge on any atom is -0.478 e. The van der Waals surface area contributed by atoms with Crippen molar-refractivity contribution < 1.29 is 19.5 Å². The lowest BCUT2D eigenvalue weighted by Crippen LogP contribution is -2.50. The van der Waals surface area contributed by atoms with Crippen LogP contribution >= 0.6 is 0 Å². The molecule has 1 rings (SSSR count). The van der Waals surface area contributed by atoms with Gasteiger partial charge in [0.2, 0.25) is 0 Å². The van der Waals surface area contributed by atoms with Gasteiger partial charge in [0.25, 0.3) is 5.91 Å². The molecule has 0 radical (unpaired) electrons. The Labute approximate surface area is 105 Å². The van der Waals surface area contributed by atoms with E-state index in [0.29, 0.717) is 6.08 Å². The molecular formula is C11H17N3O4. The molecule has 1 unspecified atom stereocenters. The van der Waals surface area contributed by atoms with Gasteiger partial charge in [-0.3, -0.25) is 10.1 Å². The molecule has 0 saturated carbocycles. The first-order valence-electron chi connectivity index (χ1n) is 5.68. The van der Waals surface area contributed by atoms with Gasteiger partial charge in [0.1, 0.15) is 0 Å². The Balaban J connectivity index is 2.32. The number of carbonyl (C=O) groups excluding carboxylic acids is 2. The fourth-order valence-electron chi connectivity index (χ4n) is 1.81. The van der Waals surface area contributed by atoms with Crippen molar-refractivity contribution in [1.82, 2.24) is 15.5 Å². The van der Waals surface area contributed by atoms with Gasteiger partial charge in [0.05, 0.1) is 0 Å². The van der Waals surface area contributed by atoms with E-state index < -0.39 is 17.9 Å². The summed E-state index contributed by atoms with van der Waals surface area (Å²) in [7, 11) is 1.96. The fraction of sp³-hybridized carbons (Fsp3) is 0.545. The Morgan fingerprint density at radius 3 is 2.67 bits per heavy atom. The molecule has 0 aromatic heterocycles. The summed E-state index contributed by atoms with van der Waals surface area (Å²) >= 11 is 0. The first kappa shape index (κ1) is 14.2. The Bertz CT molecular complexity index is 367. The van der Waals surface area contributed by atoms with E-state index in [1.54, 1.807) is 0 Å². The summed E-state index contributed by atoms with van der Waals surface area (Å²) in [5.41, 5.74) is 0. The van der Waals surface area contributed by atoms with Crippen molar-refractivity contribution in [2.45, 2.75) is 18.9 Å². The minimum atomic E-state index is -1.24. The van der Waals surface area contributed by atoms with E-state index in [-0.39, 0.29) is 6.04 Å². The number of amides is 3. The lowest BCUT2D eigenvalue weighted by molar-refractivity contribution is -0.131. The second-order valence-electron chi connectivity index (χ2n) is 4.24. The number of carboxylic acid groups (broad SMARTS) is 1. The molecular weight excluding hydrogens is 238 g/mol. The Kier molecular flexibility index (Phi) is 5.31. The van der Waals surface area contributed by atoms with Crippen molar-refractivity contribution in [2.75, 3.05) is 20.1 Å². The molecule has 3 N–H and O–H groups in total. The molecule has 18 heavy (non-hydrogen) atoms. The Hall–Kier alpha value is -1.89. The summed E-state index contributed by atoms with van der Waals surface area (Å²) in [4.78, 5) is 34.8. The summed E-state index contributed by atoms with van der Waals surface area (Å²) in [6.45, 7) is 1.74. The van der Waals surface area contributed by atoms with Crippen molar-refractivity contribution in [3.63, 3.8) is 0 Å². The average molecular weight is 255 g/mol. The first-order valence-corrected chi connectivity index (χ1v) is 5.68. The van der Waals surface area contributed by atoms with Gasteiger partial charge in [0.15, 0.2) is 0 Å². The molecule has 0 bridgehead atoms. The molecule has 7 nitrogen and oxygen atoms in total. The number of aliphatic carboxylic acids is 1. The van der Waals surface area contributed by atoms with Crippen LogP contribution in [0.15, 0.2) is 12.2 Å². The van der Waals surface area contributed by atoms with Crippen LogP contribution in [0.1, 0.15) is 12.8 Å². The summed E-state index contributed by atoms with van der Waals surface area (Å²) in [6.07, 6.45) is 3.34. The third-order valence-corrected chi connectivity index (χ3v) is 2.57. The SMILES string of the molecule is CN1CCCC(NC(=O)NC(=O)/C=C/C(=O)O)C1. The van der Waals surface area contributed by atoms with Gasteiger partial charge in [-0.1, -0.05) is 0 Å². The number of piperidine rings is 1. The van der Waals surface area contributed by atoms with Gasteiger partial charge < -0.3 is 15.3 Å². The number of carbonyl (C=O) groups is 3. The van der Waals surface area contributed by atoms with E-state index >= 15 is 0 Å². The molecule has 0 aromatic rings. The van der Waals surface area contributed by atoms with Crippen molar-refractivity contribution in [2.24, 2.45) is 0 Å². The second kappa shape index (κ2) is 6.75. The van der Waals surface area contributed by atoms with Crippen LogP contribution in [0.3, 0.4) is 0 Å². The summed E-state index contributed by atoms with van der Waals surface area (Å²) in [5.74, 6) is -1.99. The molecule has 1 aliphatic heterocycles. The molecule has 1 atom stereocenters.